The molecule has 5 nitrogen and oxygen atoms in total. The van der Waals surface area contributed by atoms with Crippen LogP contribution in [0.25, 0.3) is 0 Å². The van der Waals surface area contributed by atoms with Gasteiger partial charge in [0.1, 0.15) is 6.61 Å². The first kappa shape index (κ1) is 13.7. The van der Waals surface area contributed by atoms with E-state index in [2.05, 4.69) is 4.98 Å². The lowest BCUT2D eigenvalue weighted by Crippen LogP contribution is -2.12. The van der Waals surface area contributed by atoms with Crippen LogP contribution >= 0.6 is 0 Å². The Morgan fingerprint density at radius 3 is 2.55 bits per heavy atom. The molecule has 0 spiro atoms. The van der Waals surface area contributed by atoms with Crippen LogP contribution in [0.15, 0.2) is 48.7 Å². The minimum absolute atomic E-state index is 0.140. The minimum atomic E-state index is -1.04. The number of hydrogen-bond acceptors (Lipinski definition) is 4. The number of ether oxygens (including phenoxy) is 1. The minimum Gasteiger partial charge on any atom is -0.481 e. The van der Waals surface area contributed by atoms with E-state index < -0.39 is 11.9 Å². The zero-order valence-electron chi connectivity index (χ0n) is 10.7. The third kappa shape index (κ3) is 3.65. The van der Waals surface area contributed by atoms with Gasteiger partial charge in [-0.1, -0.05) is 30.3 Å². The molecule has 0 saturated heterocycles. The summed E-state index contributed by atoms with van der Waals surface area (Å²) in [5.41, 5.74) is 1.26. The van der Waals surface area contributed by atoms with Gasteiger partial charge >= 0.3 is 11.9 Å². The van der Waals surface area contributed by atoms with Gasteiger partial charge in [-0.2, -0.15) is 0 Å². The van der Waals surface area contributed by atoms with Crippen LogP contribution < -0.4 is 0 Å². The van der Waals surface area contributed by atoms with Crippen LogP contribution in [0.2, 0.25) is 0 Å². The van der Waals surface area contributed by atoms with Crippen LogP contribution in [0.4, 0.5) is 0 Å². The highest BCUT2D eigenvalue weighted by Gasteiger charge is 2.15. The molecular formula is C15H13NO4. The number of rotatable bonds is 5. The predicted octanol–water partition coefficient (Wildman–Crippen LogP) is 2.07. The molecule has 0 fully saturated rings. The monoisotopic (exact) mass is 271 g/mol. The highest BCUT2D eigenvalue weighted by atomic mass is 16.5. The van der Waals surface area contributed by atoms with Gasteiger partial charge in [-0.15, -0.1) is 0 Å². The quantitative estimate of drug-likeness (QED) is 0.842. The predicted molar refractivity (Wildman–Crippen MR) is 71.1 cm³/mol. The topological polar surface area (TPSA) is 76.5 Å². The molecule has 102 valence electrons. The van der Waals surface area contributed by atoms with Crippen LogP contribution in [-0.2, 0) is 22.6 Å². The third-order valence-electron chi connectivity index (χ3n) is 2.64. The van der Waals surface area contributed by atoms with E-state index >= 15 is 0 Å². The summed E-state index contributed by atoms with van der Waals surface area (Å²) in [7, 11) is 0. The fraction of sp³-hybridized carbons (Fsp3) is 0.133. The highest BCUT2D eigenvalue weighted by Crippen LogP contribution is 2.10. The molecule has 1 N–H and O–H groups in total. The Hall–Kier alpha value is -2.69. The number of carboxylic acid groups (broad SMARTS) is 1. The summed E-state index contributed by atoms with van der Waals surface area (Å²) in [5, 5.41) is 8.79. The van der Waals surface area contributed by atoms with Crippen LogP contribution in [-0.4, -0.2) is 22.0 Å². The van der Waals surface area contributed by atoms with Gasteiger partial charge in [-0.3, -0.25) is 9.78 Å². The van der Waals surface area contributed by atoms with Crippen molar-refractivity contribution in [3.05, 3.63) is 65.5 Å². The van der Waals surface area contributed by atoms with Crippen LogP contribution in [0, 0.1) is 0 Å². The molecule has 0 aliphatic carbocycles. The van der Waals surface area contributed by atoms with E-state index in [0.717, 1.165) is 5.56 Å². The van der Waals surface area contributed by atoms with E-state index in [9.17, 15) is 9.59 Å². The van der Waals surface area contributed by atoms with E-state index in [4.69, 9.17) is 9.84 Å². The molecule has 1 aromatic carbocycles. The number of esters is 1. The summed E-state index contributed by atoms with van der Waals surface area (Å²) in [4.78, 5) is 26.6. The summed E-state index contributed by atoms with van der Waals surface area (Å²) < 4.78 is 5.16. The second kappa shape index (κ2) is 6.47. The Labute approximate surface area is 115 Å². The molecule has 2 aromatic rings. The van der Waals surface area contributed by atoms with E-state index in [-0.39, 0.29) is 24.3 Å². The standard InChI is InChI=1S/C15H13NO4/c17-14(18)9-13-12(7-4-8-16-13)15(19)20-10-11-5-2-1-3-6-11/h1-8H,9-10H2,(H,17,18). The van der Waals surface area contributed by atoms with Gasteiger partial charge in [0, 0.05) is 6.20 Å². The van der Waals surface area contributed by atoms with Crippen molar-refractivity contribution in [3.63, 3.8) is 0 Å². The number of benzene rings is 1. The van der Waals surface area contributed by atoms with E-state index in [1.807, 2.05) is 30.3 Å². The van der Waals surface area contributed by atoms with Gasteiger partial charge in [0.05, 0.1) is 17.7 Å². The number of carboxylic acids is 1. The second-order valence-corrected chi connectivity index (χ2v) is 4.13. The lowest BCUT2D eigenvalue weighted by Gasteiger charge is -2.07. The molecule has 1 aromatic heterocycles. The van der Waals surface area contributed by atoms with Crippen LogP contribution in [0.5, 0.6) is 0 Å². The zero-order valence-corrected chi connectivity index (χ0v) is 10.7. The van der Waals surface area contributed by atoms with Crippen molar-refractivity contribution in [1.29, 1.82) is 0 Å². The first-order chi connectivity index (χ1) is 9.66. The van der Waals surface area contributed by atoms with E-state index in [0.29, 0.717) is 0 Å². The summed E-state index contributed by atoms with van der Waals surface area (Å²) in [6.07, 6.45) is 1.14. The van der Waals surface area contributed by atoms with Crippen molar-refractivity contribution in [2.75, 3.05) is 0 Å². The summed E-state index contributed by atoms with van der Waals surface area (Å²) in [5.74, 6) is -1.61. The molecule has 0 amide bonds. The molecule has 20 heavy (non-hydrogen) atoms. The third-order valence-corrected chi connectivity index (χ3v) is 2.64. The molecule has 2 rings (SSSR count). The Morgan fingerprint density at radius 2 is 1.85 bits per heavy atom. The fourth-order valence-corrected chi connectivity index (χ4v) is 1.71. The van der Waals surface area contributed by atoms with Crippen molar-refractivity contribution in [3.8, 4) is 0 Å². The summed E-state index contributed by atoms with van der Waals surface area (Å²) >= 11 is 0. The Bertz CT molecular complexity index is 610. The molecular weight excluding hydrogens is 258 g/mol. The Morgan fingerprint density at radius 1 is 1.10 bits per heavy atom. The van der Waals surface area contributed by atoms with Gasteiger partial charge in [-0.05, 0) is 17.7 Å². The molecule has 0 aliphatic rings. The Balaban J connectivity index is 2.07. The summed E-state index contributed by atoms with van der Waals surface area (Å²) in [6, 6.07) is 12.3. The maximum Gasteiger partial charge on any atom is 0.340 e. The summed E-state index contributed by atoms with van der Waals surface area (Å²) in [6.45, 7) is 0.140. The Kier molecular flexibility index (Phi) is 4.44. The number of pyridine rings is 1. The first-order valence-electron chi connectivity index (χ1n) is 6.03. The van der Waals surface area contributed by atoms with Crippen molar-refractivity contribution in [2.24, 2.45) is 0 Å². The fourth-order valence-electron chi connectivity index (χ4n) is 1.71. The molecule has 5 heteroatoms. The SMILES string of the molecule is O=C(O)Cc1ncccc1C(=O)OCc1ccccc1. The highest BCUT2D eigenvalue weighted by molar-refractivity contribution is 5.91. The average Bonchev–Trinajstić information content (AvgIpc) is 2.46. The first-order valence-corrected chi connectivity index (χ1v) is 6.03. The second-order valence-electron chi connectivity index (χ2n) is 4.13. The van der Waals surface area contributed by atoms with Gasteiger partial charge in [0.2, 0.25) is 0 Å². The lowest BCUT2D eigenvalue weighted by molar-refractivity contribution is -0.136. The van der Waals surface area contributed by atoms with E-state index in [1.54, 1.807) is 6.07 Å². The molecule has 0 aliphatic heterocycles. The van der Waals surface area contributed by atoms with Crippen molar-refractivity contribution in [2.45, 2.75) is 13.0 Å². The van der Waals surface area contributed by atoms with Crippen LogP contribution in [0.1, 0.15) is 21.6 Å². The molecule has 0 bridgehead atoms. The smallest absolute Gasteiger partial charge is 0.340 e. The largest absolute Gasteiger partial charge is 0.481 e. The van der Waals surface area contributed by atoms with Crippen molar-refractivity contribution >= 4 is 11.9 Å². The zero-order chi connectivity index (χ0) is 14.4. The molecule has 0 saturated carbocycles. The molecule has 0 radical (unpaired) electrons. The van der Waals surface area contributed by atoms with Gasteiger partial charge in [0.25, 0.3) is 0 Å². The normalized spacial score (nSPS) is 10.0. The van der Waals surface area contributed by atoms with Crippen molar-refractivity contribution < 1.29 is 19.4 Å². The maximum absolute atomic E-state index is 12.0. The van der Waals surface area contributed by atoms with Crippen LogP contribution in [0.3, 0.4) is 0 Å². The number of nitrogens with zero attached hydrogens (tertiary/aromatic N) is 1. The van der Waals surface area contributed by atoms with Gasteiger partial charge in [-0.25, -0.2) is 4.79 Å². The number of aliphatic carboxylic acids is 1. The average molecular weight is 271 g/mol. The lowest BCUT2D eigenvalue weighted by atomic mass is 10.1. The van der Waals surface area contributed by atoms with Gasteiger partial charge in [0.15, 0.2) is 0 Å². The number of aromatic nitrogens is 1. The van der Waals surface area contributed by atoms with Crippen molar-refractivity contribution in [1.82, 2.24) is 4.98 Å². The number of hydrogen-bond donors (Lipinski definition) is 1. The molecule has 1 heterocycles. The number of carbonyl (C=O) groups is 2. The molecule has 0 atom stereocenters. The maximum atomic E-state index is 12.0. The molecule has 0 unspecified atom stereocenters. The van der Waals surface area contributed by atoms with E-state index in [1.165, 1.54) is 12.3 Å². The number of carbonyl (C=O) groups excluding carboxylic acids is 1. The van der Waals surface area contributed by atoms with Gasteiger partial charge < -0.3 is 9.84 Å².